The molecule has 0 aliphatic carbocycles. The molecule has 2 amide bonds. The summed E-state index contributed by atoms with van der Waals surface area (Å²) in [6.07, 6.45) is 2.31. The topological polar surface area (TPSA) is 61.4 Å². The van der Waals surface area contributed by atoms with Gasteiger partial charge in [0.25, 0.3) is 0 Å². The van der Waals surface area contributed by atoms with Crippen molar-refractivity contribution in [3.63, 3.8) is 0 Å². The molecule has 1 aliphatic rings. The van der Waals surface area contributed by atoms with Gasteiger partial charge in [-0.15, -0.1) is 0 Å². The molecule has 176 valence electrons. The van der Waals surface area contributed by atoms with Crippen LogP contribution >= 0.6 is 0 Å². The van der Waals surface area contributed by atoms with Crippen LogP contribution in [0.25, 0.3) is 0 Å². The van der Waals surface area contributed by atoms with Crippen LogP contribution in [0, 0.1) is 5.92 Å². The van der Waals surface area contributed by atoms with Gasteiger partial charge >= 0.3 is 0 Å². The fourth-order valence-corrected chi connectivity index (χ4v) is 4.51. The van der Waals surface area contributed by atoms with E-state index in [0.29, 0.717) is 13.1 Å². The molecule has 1 saturated heterocycles. The van der Waals surface area contributed by atoms with Crippen LogP contribution in [0.4, 0.5) is 0 Å². The van der Waals surface area contributed by atoms with E-state index in [1.165, 1.54) is 5.56 Å². The van der Waals surface area contributed by atoms with Crippen molar-refractivity contribution in [2.75, 3.05) is 19.6 Å². The molecule has 1 fully saturated rings. The van der Waals surface area contributed by atoms with Gasteiger partial charge in [-0.25, -0.2) is 0 Å². The molecule has 3 aromatic rings. The van der Waals surface area contributed by atoms with E-state index in [2.05, 4.69) is 39.8 Å². The highest BCUT2D eigenvalue weighted by atomic mass is 16.2. The Hall–Kier alpha value is -3.44. The van der Waals surface area contributed by atoms with Crippen LogP contribution in [0.5, 0.6) is 0 Å². The van der Waals surface area contributed by atoms with Crippen LogP contribution < -0.4 is 10.6 Å². The number of carbonyl (C=O) groups excluding carboxylic acids is 2. The van der Waals surface area contributed by atoms with E-state index in [-0.39, 0.29) is 23.8 Å². The summed E-state index contributed by atoms with van der Waals surface area (Å²) in [6.45, 7) is 2.43. The van der Waals surface area contributed by atoms with Crippen molar-refractivity contribution in [3.8, 4) is 0 Å². The number of piperidine rings is 1. The van der Waals surface area contributed by atoms with E-state index in [9.17, 15) is 9.59 Å². The Kier molecular flexibility index (Phi) is 8.47. The number of hydrogen-bond donors (Lipinski definition) is 2. The summed E-state index contributed by atoms with van der Waals surface area (Å²) < 4.78 is 0. The summed E-state index contributed by atoms with van der Waals surface area (Å²) in [4.78, 5) is 27.6. The molecular formula is C29H33N3O2. The van der Waals surface area contributed by atoms with Crippen molar-refractivity contribution < 1.29 is 9.59 Å². The summed E-state index contributed by atoms with van der Waals surface area (Å²) in [5, 5.41) is 6.30. The lowest BCUT2D eigenvalue weighted by Crippen LogP contribution is -2.45. The van der Waals surface area contributed by atoms with Crippen LogP contribution in [0.1, 0.15) is 35.6 Å². The lowest BCUT2D eigenvalue weighted by molar-refractivity contribution is -0.127. The molecule has 1 heterocycles. The first-order chi connectivity index (χ1) is 16.7. The molecule has 1 aliphatic heterocycles. The maximum atomic E-state index is 12.9. The Bertz CT molecular complexity index is 1030. The summed E-state index contributed by atoms with van der Waals surface area (Å²) in [6, 6.07) is 30.3. The minimum absolute atomic E-state index is 0.0122. The standard InChI is InChI=1S/C29H33N3O2/c33-28(31-27(25-14-8-3-9-15-25)20-23-10-4-1-5-11-23)22-32-18-16-26(17-19-32)29(34)30-21-24-12-6-2-7-13-24/h1-15,26-27H,16-22H2,(H,30,34)(H,31,33). The Labute approximate surface area is 202 Å². The second-order valence-electron chi connectivity index (χ2n) is 8.97. The molecule has 5 nitrogen and oxygen atoms in total. The molecular weight excluding hydrogens is 422 g/mol. The maximum absolute atomic E-state index is 12.9. The molecule has 5 heteroatoms. The quantitative estimate of drug-likeness (QED) is 0.510. The summed E-state index contributed by atoms with van der Waals surface area (Å²) >= 11 is 0. The van der Waals surface area contributed by atoms with Gasteiger partial charge in [-0.2, -0.15) is 0 Å². The first-order valence-electron chi connectivity index (χ1n) is 12.1. The first-order valence-corrected chi connectivity index (χ1v) is 12.1. The molecule has 0 saturated carbocycles. The largest absolute Gasteiger partial charge is 0.352 e. The van der Waals surface area contributed by atoms with Crippen molar-refractivity contribution in [1.29, 1.82) is 0 Å². The Morgan fingerprint density at radius 1 is 0.794 bits per heavy atom. The Balaban J connectivity index is 1.25. The zero-order valence-electron chi connectivity index (χ0n) is 19.5. The number of carbonyl (C=O) groups is 2. The minimum atomic E-state index is -0.0718. The summed E-state index contributed by atoms with van der Waals surface area (Å²) in [5.74, 6) is 0.148. The second-order valence-corrected chi connectivity index (χ2v) is 8.97. The predicted molar refractivity (Wildman–Crippen MR) is 135 cm³/mol. The van der Waals surface area contributed by atoms with Gasteiger partial charge < -0.3 is 10.6 Å². The zero-order chi connectivity index (χ0) is 23.6. The molecule has 0 bridgehead atoms. The maximum Gasteiger partial charge on any atom is 0.234 e. The van der Waals surface area contributed by atoms with Crippen LogP contribution in [0.15, 0.2) is 91.0 Å². The number of likely N-dealkylation sites (tertiary alicyclic amines) is 1. The van der Waals surface area contributed by atoms with Gasteiger partial charge in [0, 0.05) is 12.5 Å². The second kappa shape index (κ2) is 12.1. The van der Waals surface area contributed by atoms with Gasteiger partial charge in [0.15, 0.2) is 0 Å². The van der Waals surface area contributed by atoms with E-state index in [1.54, 1.807) is 0 Å². The molecule has 1 atom stereocenters. The fraction of sp³-hybridized carbons (Fsp3) is 0.310. The van der Waals surface area contributed by atoms with E-state index in [4.69, 9.17) is 0 Å². The van der Waals surface area contributed by atoms with Crippen molar-refractivity contribution in [3.05, 3.63) is 108 Å². The van der Waals surface area contributed by atoms with Crippen molar-refractivity contribution in [2.24, 2.45) is 5.92 Å². The van der Waals surface area contributed by atoms with Crippen molar-refractivity contribution >= 4 is 11.8 Å². The zero-order valence-corrected chi connectivity index (χ0v) is 19.5. The normalized spacial score (nSPS) is 15.4. The lowest BCUT2D eigenvalue weighted by Gasteiger charge is -2.31. The van der Waals surface area contributed by atoms with Gasteiger partial charge in [-0.05, 0) is 49.0 Å². The lowest BCUT2D eigenvalue weighted by atomic mass is 9.95. The van der Waals surface area contributed by atoms with Crippen LogP contribution in [0.3, 0.4) is 0 Å². The summed E-state index contributed by atoms with van der Waals surface area (Å²) in [7, 11) is 0. The van der Waals surface area contributed by atoms with Gasteiger partial charge in [0.1, 0.15) is 0 Å². The van der Waals surface area contributed by atoms with Gasteiger partial charge in [0.05, 0.1) is 12.6 Å². The van der Waals surface area contributed by atoms with E-state index >= 15 is 0 Å². The average molecular weight is 456 g/mol. The summed E-state index contributed by atoms with van der Waals surface area (Å²) in [5.41, 5.74) is 3.40. The van der Waals surface area contributed by atoms with E-state index in [1.807, 2.05) is 66.7 Å². The average Bonchev–Trinajstić information content (AvgIpc) is 2.89. The van der Waals surface area contributed by atoms with Crippen molar-refractivity contribution in [2.45, 2.75) is 31.8 Å². The van der Waals surface area contributed by atoms with Crippen LogP contribution in [-0.2, 0) is 22.6 Å². The number of nitrogens with one attached hydrogen (secondary N) is 2. The van der Waals surface area contributed by atoms with E-state index < -0.39 is 0 Å². The molecule has 0 radical (unpaired) electrons. The third kappa shape index (κ3) is 7.03. The molecule has 3 aromatic carbocycles. The third-order valence-corrected chi connectivity index (χ3v) is 6.45. The number of amides is 2. The van der Waals surface area contributed by atoms with Gasteiger partial charge in [-0.3, -0.25) is 14.5 Å². The number of rotatable bonds is 9. The molecule has 2 N–H and O–H groups in total. The molecule has 0 spiro atoms. The fourth-order valence-electron chi connectivity index (χ4n) is 4.51. The minimum Gasteiger partial charge on any atom is -0.352 e. The first kappa shape index (κ1) is 23.7. The number of benzene rings is 3. The molecule has 0 aromatic heterocycles. The SMILES string of the molecule is O=C(CN1CCC(C(=O)NCc2ccccc2)CC1)NC(Cc1ccccc1)c1ccccc1. The van der Waals surface area contributed by atoms with Gasteiger partial charge in [-0.1, -0.05) is 91.0 Å². The third-order valence-electron chi connectivity index (χ3n) is 6.45. The Morgan fingerprint density at radius 3 is 1.97 bits per heavy atom. The van der Waals surface area contributed by atoms with Crippen LogP contribution in [0.2, 0.25) is 0 Å². The molecule has 4 rings (SSSR count). The molecule has 1 unspecified atom stereocenters. The smallest absolute Gasteiger partial charge is 0.234 e. The highest BCUT2D eigenvalue weighted by Crippen LogP contribution is 2.20. The Morgan fingerprint density at radius 2 is 1.35 bits per heavy atom. The highest BCUT2D eigenvalue weighted by molar-refractivity contribution is 5.79. The van der Waals surface area contributed by atoms with Crippen LogP contribution in [-0.4, -0.2) is 36.3 Å². The molecule has 34 heavy (non-hydrogen) atoms. The monoisotopic (exact) mass is 455 g/mol. The highest BCUT2D eigenvalue weighted by Gasteiger charge is 2.26. The van der Waals surface area contributed by atoms with Gasteiger partial charge in [0.2, 0.25) is 11.8 Å². The number of hydrogen-bond acceptors (Lipinski definition) is 3. The van der Waals surface area contributed by atoms with E-state index in [0.717, 1.165) is 43.5 Å². The predicted octanol–water partition coefficient (Wildman–Crippen LogP) is 4.12. The number of nitrogens with zero attached hydrogens (tertiary/aromatic N) is 1. The van der Waals surface area contributed by atoms with Crippen molar-refractivity contribution in [1.82, 2.24) is 15.5 Å².